The van der Waals surface area contributed by atoms with E-state index < -0.39 is 0 Å². The Labute approximate surface area is 208 Å². The summed E-state index contributed by atoms with van der Waals surface area (Å²) in [4.78, 5) is 26.5. The van der Waals surface area contributed by atoms with Crippen LogP contribution in [-0.4, -0.2) is 43.6 Å². The minimum absolute atomic E-state index is 0.132. The molecule has 0 heterocycles. The Morgan fingerprint density at radius 2 is 1.77 bits per heavy atom. The molecule has 186 valence electrons. The molecule has 6 nitrogen and oxygen atoms in total. The van der Waals surface area contributed by atoms with Crippen LogP contribution in [0.3, 0.4) is 0 Å². The molecule has 1 amide bonds. The van der Waals surface area contributed by atoms with Gasteiger partial charge in [-0.05, 0) is 42.0 Å². The number of nitrogens with one attached hydrogen (secondary N) is 2. The lowest BCUT2D eigenvalue weighted by Crippen LogP contribution is -2.39. The Hall–Kier alpha value is -3.22. The highest BCUT2D eigenvalue weighted by Crippen LogP contribution is 2.25. The van der Waals surface area contributed by atoms with Crippen LogP contribution in [0.1, 0.15) is 49.1 Å². The number of hydrogen-bond acceptors (Lipinski definition) is 5. The molecule has 6 heteroatoms. The van der Waals surface area contributed by atoms with E-state index in [1.54, 1.807) is 5.48 Å². The maximum Gasteiger partial charge on any atom is 0.243 e. The maximum atomic E-state index is 13.1. The van der Waals surface area contributed by atoms with Crippen molar-refractivity contribution in [3.05, 3.63) is 89.5 Å². The van der Waals surface area contributed by atoms with Gasteiger partial charge in [-0.1, -0.05) is 73.5 Å². The van der Waals surface area contributed by atoms with Gasteiger partial charge in [-0.3, -0.25) is 14.8 Å². The average Bonchev–Trinajstić information content (AvgIpc) is 2.88. The van der Waals surface area contributed by atoms with Gasteiger partial charge in [0.05, 0.1) is 6.04 Å². The van der Waals surface area contributed by atoms with E-state index in [9.17, 15) is 9.59 Å². The second kappa shape index (κ2) is 13.6. The number of amides is 1. The van der Waals surface area contributed by atoms with Gasteiger partial charge in [-0.2, -0.15) is 0 Å². The average molecular weight is 476 g/mol. The number of benzene rings is 2. The summed E-state index contributed by atoms with van der Waals surface area (Å²) in [5.74, 6) is 0.0417. The number of ketones is 1. The first-order valence-corrected chi connectivity index (χ1v) is 12.4. The molecule has 2 atom stereocenters. The third-order valence-electron chi connectivity index (χ3n) is 6.48. The van der Waals surface area contributed by atoms with Gasteiger partial charge >= 0.3 is 0 Å². The molecule has 1 aliphatic rings. The van der Waals surface area contributed by atoms with Gasteiger partial charge < -0.3 is 10.2 Å². The van der Waals surface area contributed by atoms with Crippen LogP contribution in [0.5, 0.6) is 0 Å². The van der Waals surface area contributed by atoms with E-state index in [1.807, 2.05) is 62.7 Å². The SMILES string of the molecule is CN(C)c1ccc([C@H](CCCCCC(=O)NO)CNC2C=CC=C(Cc3ccccc3)C2=O)cc1. The van der Waals surface area contributed by atoms with E-state index in [2.05, 4.69) is 34.5 Å². The molecule has 3 N–H and O–H groups in total. The standard InChI is InChI=1S/C29H37N3O3/c1-32(2)26-18-16-23(17-19-26)25(12-7-4-8-15-28(33)31-35)21-30-27-14-9-13-24(29(27)34)20-22-10-5-3-6-11-22/h3,5-6,9-11,13-14,16-19,25,27,30,35H,4,7-8,12,15,20-21H2,1-2H3,(H,31,33)/t25-,27?/m1/s1. The molecule has 0 fully saturated rings. The smallest absolute Gasteiger partial charge is 0.243 e. The van der Waals surface area contributed by atoms with E-state index in [1.165, 1.54) is 5.56 Å². The molecule has 0 spiro atoms. The third-order valence-corrected chi connectivity index (χ3v) is 6.48. The van der Waals surface area contributed by atoms with Crippen molar-refractivity contribution in [2.75, 3.05) is 25.5 Å². The van der Waals surface area contributed by atoms with E-state index in [-0.39, 0.29) is 23.7 Å². The Kier molecular flexibility index (Phi) is 10.3. The predicted octanol–water partition coefficient (Wildman–Crippen LogP) is 4.56. The Morgan fingerprint density at radius 3 is 2.46 bits per heavy atom. The minimum Gasteiger partial charge on any atom is -0.378 e. The Bertz CT molecular complexity index is 1010. The number of nitrogens with zero attached hydrogens (tertiary/aromatic N) is 1. The Morgan fingerprint density at radius 1 is 1.03 bits per heavy atom. The second-order valence-electron chi connectivity index (χ2n) is 9.31. The second-order valence-corrected chi connectivity index (χ2v) is 9.31. The van der Waals surface area contributed by atoms with Crippen LogP contribution in [0.4, 0.5) is 5.69 Å². The lowest BCUT2D eigenvalue weighted by atomic mass is 9.90. The molecule has 0 aliphatic heterocycles. The number of hydrogen-bond donors (Lipinski definition) is 3. The molecule has 0 radical (unpaired) electrons. The highest BCUT2D eigenvalue weighted by Gasteiger charge is 2.23. The van der Waals surface area contributed by atoms with Gasteiger partial charge in [0.1, 0.15) is 0 Å². The summed E-state index contributed by atoms with van der Waals surface area (Å²) in [6.45, 7) is 0.692. The van der Waals surface area contributed by atoms with Crippen molar-refractivity contribution in [2.45, 2.75) is 50.5 Å². The highest BCUT2D eigenvalue weighted by atomic mass is 16.5. The van der Waals surface area contributed by atoms with Crippen molar-refractivity contribution in [1.82, 2.24) is 10.8 Å². The van der Waals surface area contributed by atoms with Crippen molar-refractivity contribution in [3.8, 4) is 0 Å². The maximum absolute atomic E-state index is 13.1. The summed E-state index contributed by atoms with van der Waals surface area (Å²) in [5.41, 5.74) is 6.04. The molecule has 2 aromatic carbocycles. The molecule has 1 aliphatic carbocycles. The van der Waals surface area contributed by atoms with Gasteiger partial charge in [0.15, 0.2) is 5.78 Å². The summed E-state index contributed by atoms with van der Waals surface area (Å²) >= 11 is 0. The monoisotopic (exact) mass is 475 g/mol. The van der Waals surface area contributed by atoms with Crippen LogP contribution in [0.2, 0.25) is 0 Å². The van der Waals surface area contributed by atoms with Crippen molar-refractivity contribution in [3.63, 3.8) is 0 Å². The van der Waals surface area contributed by atoms with E-state index in [0.29, 0.717) is 19.4 Å². The zero-order valence-corrected chi connectivity index (χ0v) is 20.7. The molecular formula is C29H37N3O3. The summed E-state index contributed by atoms with van der Waals surface area (Å²) in [6, 6.07) is 18.3. The molecule has 35 heavy (non-hydrogen) atoms. The fraction of sp³-hybridized carbons (Fsp3) is 0.379. The fourth-order valence-electron chi connectivity index (χ4n) is 4.38. The van der Waals surface area contributed by atoms with Crippen molar-refractivity contribution < 1.29 is 14.8 Å². The van der Waals surface area contributed by atoms with Gasteiger partial charge in [-0.15, -0.1) is 0 Å². The van der Waals surface area contributed by atoms with Crippen LogP contribution < -0.4 is 15.7 Å². The molecule has 3 rings (SSSR count). The number of hydroxylamine groups is 1. The third kappa shape index (κ3) is 8.19. The first-order valence-electron chi connectivity index (χ1n) is 12.4. The van der Waals surface area contributed by atoms with Crippen molar-refractivity contribution >= 4 is 17.4 Å². The molecule has 0 saturated carbocycles. The molecule has 0 saturated heterocycles. The fourth-order valence-corrected chi connectivity index (χ4v) is 4.38. The van der Waals surface area contributed by atoms with Gasteiger partial charge in [0.2, 0.25) is 5.91 Å². The van der Waals surface area contributed by atoms with Crippen molar-refractivity contribution in [1.29, 1.82) is 0 Å². The Balaban J connectivity index is 1.60. The lowest BCUT2D eigenvalue weighted by molar-refractivity contribution is -0.129. The number of rotatable bonds is 13. The van der Waals surface area contributed by atoms with Crippen molar-refractivity contribution in [2.24, 2.45) is 0 Å². The molecular weight excluding hydrogens is 438 g/mol. The van der Waals surface area contributed by atoms with Crippen LogP contribution in [0, 0.1) is 0 Å². The zero-order valence-electron chi connectivity index (χ0n) is 20.7. The topological polar surface area (TPSA) is 81.7 Å². The first-order chi connectivity index (χ1) is 17.0. The molecule has 0 bridgehead atoms. The van der Waals surface area contributed by atoms with Gasteiger partial charge in [0, 0.05) is 44.7 Å². The van der Waals surface area contributed by atoms with E-state index in [4.69, 9.17) is 5.21 Å². The summed E-state index contributed by atoms with van der Waals surface area (Å²) < 4.78 is 0. The van der Waals surface area contributed by atoms with Gasteiger partial charge in [0.25, 0.3) is 0 Å². The number of anilines is 1. The molecule has 2 aromatic rings. The van der Waals surface area contributed by atoms with Gasteiger partial charge in [-0.25, -0.2) is 5.48 Å². The minimum atomic E-state index is -0.343. The largest absolute Gasteiger partial charge is 0.378 e. The summed E-state index contributed by atoms with van der Waals surface area (Å²) in [7, 11) is 4.05. The quantitative estimate of drug-likeness (QED) is 0.225. The number of carbonyl (C=O) groups excluding carboxylic acids is 2. The van der Waals surface area contributed by atoms with Crippen LogP contribution in [0.25, 0.3) is 0 Å². The lowest BCUT2D eigenvalue weighted by Gasteiger charge is -2.24. The van der Waals surface area contributed by atoms with E-state index in [0.717, 1.165) is 42.5 Å². The molecule has 0 aromatic heterocycles. The molecule has 1 unspecified atom stereocenters. The van der Waals surface area contributed by atoms with Crippen LogP contribution >= 0.6 is 0 Å². The number of unbranched alkanes of at least 4 members (excludes halogenated alkanes) is 2. The van der Waals surface area contributed by atoms with Crippen LogP contribution in [0.15, 0.2) is 78.4 Å². The number of Topliss-reactive ketones (excluding diaryl/α,β-unsaturated/α-hetero) is 1. The highest BCUT2D eigenvalue weighted by molar-refractivity contribution is 6.02. The summed E-state index contributed by atoms with van der Waals surface area (Å²) in [6.07, 6.45) is 10.4. The first kappa shape index (κ1) is 26.4. The zero-order chi connectivity index (χ0) is 25.0. The van der Waals surface area contributed by atoms with Crippen LogP contribution in [-0.2, 0) is 16.0 Å². The number of allylic oxidation sites excluding steroid dienone is 2. The predicted molar refractivity (Wildman–Crippen MR) is 141 cm³/mol. The summed E-state index contributed by atoms with van der Waals surface area (Å²) in [5, 5.41) is 12.2. The normalized spacial score (nSPS) is 16.0. The number of carbonyl (C=O) groups is 2. The van der Waals surface area contributed by atoms with E-state index >= 15 is 0 Å².